The molecule has 2 heterocycles. The monoisotopic (exact) mass is 471 g/mol. The predicted molar refractivity (Wildman–Crippen MR) is 123 cm³/mol. The maximum atomic E-state index is 12.4. The van der Waals surface area contributed by atoms with Crippen molar-refractivity contribution in [2.24, 2.45) is 0 Å². The number of amides is 2. The van der Waals surface area contributed by atoms with Crippen LogP contribution >= 0.6 is 15.9 Å². The van der Waals surface area contributed by atoms with E-state index < -0.39 is 0 Å². The van der Waals surface area contributed by atoms with E-state index >= 15 is 0 Å². The highest BCUT2D eigenvalue weighted by Crippen LogP contribution is 2.28. The largest absolute Gasteiger partial charge is 0.492 e. The Morgan fingerprint density at radius 3 is 2.63 bits per heavy atom. The molecule has 0 saturated carbocycles. The van der Waals surface area contributed by atoms with E-state index in [1.807, 2.05) is 35.2 Å². The van der Waals surface area contributed by atoms with Gasteiger partial charge in [0.15, 0.2) is 0 Å². The fraction of sp³-hybridized carbons (Fsp3) is 0.458. The molecular formula is C24H30BrN3O2. The maximum Gasteiger partial charge on any atom is 0.318 e. The van der Waals surface area contributed by atoms with Crippen LogP contribution in [0.25, 0.3) is 0 Å². The van der Waals surface area contributed by atoms with Gasteiger partial charge in [-0.15, -0.1) is 0 Å². The zero-order valence-electron chi connectivity index (χ0n) is 17.4. The van der Waals surface area contributed by atoms with Gasteiger partial charge in [-0.1, -0.05) is 42.8 Å². The molecule has 4 rings (SSSR count). The Balaban J connectivity index is 1.26. The van der Waals surface area contributed by atoms with Crippen LogP contribution in [0.3, 0.4) is 0 Å². The summed E-state index contributed by atoms with van der Waals surface area (Å²) >= 11 is 3.63. The molecule has 2 aromatic carbocycles. The van der Waals surface area contributed by atoms with Crippen LogP contribution in [0.2, 0.25) is 0 Å². The highest BCUT2D eigenvalue weighted by molar-refractivity contribution is 9.10. The van der Waals surface area contributed by atoms with E-state index in [0.717, 1.165) is 40.9 Å². The second-order valence-electron chi connectivity index (χ2n) is 8.16. The number of piperidine rings is 1. The van der Waals surface area contributed by atoms with Gasteiger partial charge in [0.25, 0.3) is 0 Å². The van der Waals surface area contributed by atoms with Gasteiger partial charge in [-0.3, -0.25) is 0 Å². The van der Waals surface area contributed by atoms with Crippen LogP contribution in [-0.2, 0) is 6.54 Å². The van der Waals surface area contributed by atoms with E-state index in [1.54, 1.807) is 0 Å². The van der Waals surface area contributed by atoms with E-state index in [9.17, 15) is 4.79 Å². The number of carbonyl (C=O) groups excluding carboxylic acids is 1. The molecular weight excluding hydrogens is 442 g/mol. The molecule has 0 radical (unpaired) electrons. The minimum atomic E-state index is -0.0157. The molecule has 30 heavy (non-hydrogen) atoms. The third-order valence-corrected chi connectivity index (χ3v) is 6.50. The number of nitrogens with zero attached hydrogens (tertiary/aromatic N) is 2. The quantitative estimate of drug-likeness (QED) is 0.552. The van der Waals surface area contributed by atoms with Crippen molar-refractivity contribution in [1.82, 2.24) is 15.1 Å². The van der Waals surface area contributed by atoms with Gasteiger partial charge >= 0.3 is 6.03 Å². The molecule has 6 heteroatoms. The Bertz CT molecular complexity index is 840. The van der Waals surface area contributed by atoms with Crippen LogP contribution in [0, 0.1) is 0 Å². The number of urea groups is 1. The van der Waals surface area contributed by atoms with Crippen LogP contribution in [0.5, 0.6) is 5.75 Å². The molecule has 0 bridgehead atoms. The smallest absolute Gasteiger partial charge is 0.318 e. The number of halogens is 1. The first-order valence-corrected chi connectivity index (χ1v) is 11.7. The van der Waals surface area contributed by atoms with Gasteiger partial charge in [-0.25, -0.2) is 4.79 Å². The molecule has 2 amide bonds. The molecule has 1 atom stereocenters. The summed E-state index contributed by atoms with van der Waals surface area (Å²) in [6, 6.07) is 16.3. The Labute approximate surface area is 187 Å². The molecule has 2 aliphatic rings. The van der Waals surface area contributed by atoms with E-state index in [1.165, 1.54) is 32.4 Å². The summed E-state index contributed by atoms with van der Waals surface area (Å²) in [5.41, 5.74) is 2.23. The molecule has 5 nitrogen and oxygen atoms in total. The van der Waals surface area contributed by atoms with Gasteiger partial charge in [0, 0.05) is 19.6 Å². The van der Waals surface area contributed by atoms with Crippen molar-refractivity contribution < 1.29 is 9.53 Å². The van der Waals surface area contributed by atoms with Crippen LogP contribution in [0.15, 0.2) is 53.0 Å². The molecule has 2 aromatic rings. The minimum Gasteiger partial charge on any atom is -0.492 e. The SMILES string of the molecule is O=C1N[C@@H](c2ccccc2)CN1Cc1ccc(OCCCN2CCCCC2)c(Br)c1. The van der Waals surface area contributed by atoms with Gasteiger partial charge in [0.05, 0.1) is 17.1 Å². The van der Waals surface area contributed by atoms with Gasteiger partial charge in [-0.05, 0) is 71.5 Å². The topological polar surface area (TPSA) is 44.8 Å². The summed E-state index contributed by atoms with van der Waals surface area (Å²) in [5, 5.41) is 3.07. The van der Waals surface area contributed by atoms with Crippen molar-refractivity contribution >= 4 is 22.0 Å². The summed E-state index contributed by atoms with van der Waals surface area (Å²) in [5.74, 6) is 0.866. The zero-order valence-corrected chi connectivity index (χ0v) is 18.9. The maximum absolute atomic E-state index is 12.4. The average molecular weight is 472 g/mol. The van der Waals surface area contributed by atoms with Gasteiger partial charge in [0.1, 0.15) is 5.75 Å². The number of benzene rings is 2. The number of ether oxygens (including phenoxy) is 1. The van der Waals surface area contributed by atoms with Crippen molar-refractivity contribution in [1.29, 1.82) is 0 Å². The number of hydrogen-bond acceptors (Lipinski definition) is 3. The second kappa shape index (κ2) is 10.3. The lowest BCUT2D eigenvalue weighted by Crippen LogP contribution is -2.31. The number of carbonyl (C=O) groups is 1. The third-order valence-electron chi connectivity index (χ3n) is 5.88. The minimum absolute atomic E-state index is 0.0157. The molecule has 0 aliphatic carbocycles. The molecule has 2 aliphatic heterocycles. The number of nitrogens with one attached hydrogen (secondary N) is 1. The first kappa shape index (κ1) is 21.2. The lowest BCUT2D eigenvalue weighted by Gasteiger charge is -2.26. The predicted octanol–water partition coefficient (Wildman–Crippen LogP) is 4.97. The van der Waals surface area contributed by atoms with Crippen molar-refractivity contribution in [3.63, 3.8) is 0 Å². The van der Waals surface area contributed by atoms with Gasteiger partial charge in [0.2, 0.25) is 0 Å². The van der Waals surface area contributed by atoms with Crippen molar-refractivity contribution in [3.05, 3.63) is 64.1 Å². The van der Waals surface area contributed by atoms with Crippen LogP contribution in [0.1, 0.15) is 42.9 Å². The third kappa shape index (κ3) is 5.55. The average Bonchev–Trinajstić information content (AvgIpc) is 3.14. The number of hydrogen-bond donors (Lipinski definition) is 1. The Morgan fingerprint density at radius 1 is 1.07 bits per heavy atom. The normalized spacial score (nSPS) is 19.7. The van der Waals surface area contributed by atoms with Crippen LogP contribution < -0.4 is 10.1 Å². The van der Waals surface area contributed by atoms with E-state index in [-0.39, 0.29) is 12.1 Å². The van der Waals surface area contributed by atoms with Crippen LogP contribution in [-0.4, -0.2) is 48.6 Å². The summed E-state index contributed by atoms with van der Waals surface area (Å²) in [6.45, 7) is 5.56. The summed E-state index contributed by atoms with van der Waals surface area (Å²) < 4.78 is 6.92. The Morgan fingerprint density at radius 2 is 1.87 bits per heavy atom. The highest BCUT2D eigenvalue weighted by atomic mass is 79.9. The van der Waals surface area contributed by atoms with E-state index in [0.29, 0.717) is 13.1 Å². The standard InChI is InChI=1S/C24H30BrN3O2/c25-21-16-19(10-11-23(21)30-15-7-14-27-12-5-2-6-13-27)17-28-18-22(26-24(28)29)20-8-3-1-4-9-20/h1,3-4,8-11,16,22H,2,5-7,12-15,17-18H2,(H,26,29)/t22-/m1/s1. The summed E-state index contributed by atoms with van der Waals surface area (Å²) in [6.07, 6.45) is 5.07. The zero-order chi connectivity index (χ0) is 20.8. The van der Waals surface area contributed by atoms with Gasteiger partial charge < -0.3 is 19.9 Å². The van der Waals surface area contributed by atoms with E-state index in [2.05, 4.69) is 44.3 Å². The number of likely N-dealkylation sites (tertiary alicyclic amines) is 1. The fourth-order valence-electron chi connectivity index (χ4n) is 4.23. The Kier molecular flexibility index (Phi) is 7.28. The second-order valence-corrected chi connectivity index (χ2v) is 9.02. The van der Waals surface area contributed by atoms with E-state index in [4.69, 9.17) is 4.74 Å². The highest BCUT2D eigenvalue weighted by Gasteiger charge is 2.29. The number of rotatable bonds is 8. The molecule has 2 fully saturated rings. The summed E-state index contributed by atoms with van der Waals surface area (Å²) in [4.78, 5) is 16.8. The first-order chi connectivity index (χ1) is 14.7. The molecule has 0 spiro atoms. The first-order valence-electron chi connectivity index (χ1n) is 10.9. The fourth-order valence-corrected chi connectivity index (χ4v) is 4.77. The van der Waals surface area contributed by atoms with Crippen LogP contribution in [0.4, 0.5) is 4.79 Å². The summed E-state index contributed by atoms with van der Waals surface area (Å²) in [7, 11) is 0. The van der Waals surface area contributed by atoms with Crippen molar-refractivity contribution in [2.75, 3.05) is 32.8 Å². The van der Waals surface area contributed by atoms with Crippen molar-refractivity contribution in [3.8, 4) is 5.75 Å². The molecule has 0 aromatic heterocycles. The van der Waals surface area contributed by atoms with Gasteiger partial charge in [-0.2, -0.15) is 0 Å². The van der Waals surface area contributed by atoms with Crippen molar-refractivity contribution in [2.45, 2.75) is 38.3 Å². The molecule has 0 unspecified atom stereocenters. The lowest BCUT2D eigenvalue weighted by molar-refractivity contribution is 0.204. The molecule has 1 N–H and O–H groups in total. The lowest BCUT2D eigenvalue weighted by atomic mass is 10.1. The molecule has 160 valence electrons. The molecule has 2 saturated heterocycles. The Hall–Kier alpha value is -2.05.